The first-order valence-corrected chi connectivity index (χ1v) is 6.67. The average molecular weight is 267 g/mol. The van der Waals surface area contributed by atoms with Crippen molar-refractivity contribution in [1.82, 2.24) is 15.0 Å². The zero-order valence-electron chi connectivity index (χ0n) is 11.4. The lowest BCUT2D eigenvalue weighted by Gasteiger charge is -2.22. The second kappa shape index (κ2) is 6.51. The average Bonchev–Trinajstić information content (AvgIpc) is 2.36. The van der Waals surface area contributed by atoms with Crippen LogP contribution in [0.1, 0.15) is 33.1 Å². The minimum absolute atomic E-state index is 0.00340. The summed E-state index contributed by atoms with van der Waals surface area (Å²) in [4.78, 5) is 12.1. The van der Waals surface area contributed by atoms with E-state index in [-0.39, 0.29) is 24.2 Å². The number of nitrogens with two attached hydrogens (primary N) is 1. The van der Waals surface area contributed by atoms with E-state index in [0.717, 1.165) is 19.4 Å². The minimum Gasteiger partial charge on any atom is -0.461 e. The Balaban J connectivity index is 1.93. The normalized spacial score (nSPS) is 19.4. The molecule has 0 amide bonds. The van der Waals surface area contributed by atoms with Crippen LogP contribution in [0.4, 0.5) is 11.9 Å². The molecule has 1 atom stereocenters. The van der Waals surface area contributed by atoms with Crippen molar-refractivity contribution in [2.75, 3.05) is 24.2 Å². The van der Waals surface area contributed by atoms with E-state index in [4.69, 9.17) is 15.2 Å². The SMILES string of the molecule is CC(C)Oc1nc(N)nc(NCC2CCCCO2)n1. The van der Waals surface area contributed by atoms with Crippen molar-refractivity contribution in [3.63, 3.8) is 0 Å². The van der Waals surface area contributed by atoms with Gasteiger partial charge in [-0.1, -0.05) is 0 Å². The fraction of sp³-hybridized carbons (Fsp3) is 0.750. The molecule has 1 aromatic heterocycles. The first-order valence-electron chi connectivity index (χ1n) is 6.67. The van der Waals surface area contributed by atoms with E-state index < -0.39 is 0 Å². The molecule has 1 unspecified atom stereocenters. The molecule has 0 saturated carbocycles. The van der Waals surface area contributed by atoms with Crippen molar-refractivity contribution in [3.8, 4) is 6.01 Å². The van der Waals surface area contributed by atoms with Crippen LogP contribution in [-0.2, 0) is 4.74 Å². The molecule has 2 heterocycles. The van der Waals surface area contributed by atoms with Gasteiger partial charge in [0.2, 0.25) is 11.9 Å². The largest absolute Gasteiger partial charge is 0.461 e. The van der Waals surface area contributed by atoms with Gasteiger partial charge in [-0.25, -0.2) is 0 Å². The van der Waals surface area contributed by atoms with Gasteiger partial charge in [-0.15, -0.1) is 0 Å². The fourth-order valence-corrected chi connectivity index (χ4v) is 1.89. The van der Waals surface area contributed by atoms with Crippen molar-refractivity contribution < 1.29 is 9.47 Å². The van der Waals surface area contributed by atoms with Crippen molar-refractivity contribution in [2.24, 2.45) is 0 Å². The summed E-state index contributed by atoms with van der Waals surface area (Å²) in [6.07, 6.45) is 3.61. The van der Waals surface area contributed by atoms with Crippen LogP contribution in [0.3, 0.4) is 0 Å². The molecular weight excluding hydrogens is 246 g/mol. The number of rotatable bonds is 5. The zero-order valence-corrected chi connectivity index (χ0v) is 11.4. The van der Waals surface area contributed by atoms with Gasteiger partial charge in [0.25, 0.3) is 0 Å². The summed E-state index contributed by atoms with van der Waals surface area (Å²) in [5.41, 5.74) is 5.63. The minimum atomic E-state index is -0.00340. The molecular formula is C12H21N5O2. The van der Waals surface area contributed by atoms with Crippen LogP contribution >= 0.6 is 0 Å². The molecule has 0 bridgehead atoms. The molecule has 7 heteroatoms. The standard InChI is InChI=1S/C12H21N5O2/c1-8(2)19-12-16-10(13)15-11(17-12)14-7-9-5-3-4-6-18-9/h8-9H,3-7H2,1-2H3,(H3,13,14,15,16,17). The summed E-state index contributed by atoms with van der Waals surface area (Å²) in [6.45, 7) is 5.31. The van der Waals surface area contributed by atoms with Gasteiger partial charge in [0.15, 0.2) is 0 Å². The number of nitrogens with zero attached hydrogens (tertiary/aromatic N) is 3. The smallest absolute Gasteiger partial charge is 0.323 e. The fourth-order valence-electron chi connectivity index (χ4n) is 1.89. The Morgan fingerprint density at radius 1 is 1.37 bits per heavy atom. The summed E-state index contributed by atoms with van der Waals surface area (Å²) in [7, 11) is 0. The number of aromatic nitrogens is 3. The van der Waals surface area contributed by atoms with Crippen molar-refractivity contribution in [1.29, 1.82) is 0 Å². The van der Waals surface area contributed by atoms with E-state index in [0.29, 0.717) is 12.5 Å². The van der Waals surface area contributed by atoms with E-state index in [1.54, 1.807) is 0 Å². The van der Waals surface area contributed by atoms with Crippen molar-refractivity contribution in [2.45, 2.75) is 45.3 Å². The van der Waals surface area contributed by atoms with Crippen LogP contribution in [0.15, 0.2) is 0 Å². The van der Waals surface area contributed by atoms with Gasteiger partial charge in [-0.2, -0.15) is 15.0 Å². The van der Waals surface area contributed by atoms with Gasteiger partial charge in [-0.3, -0.25) is 0 Å². The van der Waals surface area contributed by atoms with Crippen molar-refractivity contribution in [3.05, 3.63) is 0 Å². The Hall–Kier alpha value is -1.63. The molecule has 1 saturated heterocycles. The summed E-state index contributed by atoms with van der Waals surface area (Å²) in [6, 6.07) is 0.245. The topological polar surface area (TPSA) is 95.2 Å². The number of nitrogen functional groups attached to an aromatic ring is 1. The molecule has 106 valence electrons. The van der Waals surface area contributed by atoms with E-state index in [2.05, 4.69) is 20.3 Å². The molecule has 1 fully saturated rings. The van der Waals surface area contributed by atoms with Crippen LogP contribution in [0.5, 0.6) is 6.01 Å². The van der Waals surface area contributed by atoms with Gasteiger partial charge < -0.3 is 20.5 Å². The first kappa shape index (κ1) is 13.8. The predicted octanol–water partition coefficient (Wildman–Crippen LogP) is 1.22. The van der Waals surface area contributed by atoms with Crippen LogP contribution in [0.2, 0.25) is 0 Å². The Bertz CT molecular complexity index is 407. The van der Waals surface area contributed by atoms with E-state index in [1.165, 1.54) is 6.42 Å². The quantitative estimate of drug-likeness (QED) is 0.828. The Morgan fingerprint density at radius 3 is 2.89 bits per heavy atom. The monoisotopic (exact) mass is 267 g/mol. The molecule has 1 aromatic rings. The Labute approximate surface area is 112 Å². The highest BCUT2D eigenvalue weighted by atomic mass is 16.5. The van der Waals surface area contributed by atoms with Crippen LogP contribution < -0.4 is 15.8 Å². The lowest BCUT2D eigenvalue weighted by atomic mass is 10.1. The van der Waals surface area contributed by atoms with Gasteiger partial charge in [0, 0.05) is 13.2 Å². The van der Waals surface area contributed by atoms with E-state index in [9.17, 15) is 0 Å². The molecule has 19 heavy (non-hydrogen) atoms. The summed E-state index contributed by atoms with van der Waals surface area (Å²) in [5.74, 6) is 0.579. The molecule has 7 nitrogen and oxygen atoms in total. The van der Waals surface area contributed by atoms with Gasteiger partial charge in [-0.05, 0) is 33.1 Å². The Kier molecular flexibility index (Phi) is 4.73. The molecule has 1 aliphatic rings. The van der Waals surface area contributed by atoms with E-state index >= 15 is 0 Å². The Morgan fingerprint density at radius 2 is 2.21 bits per heavy atom. The highest BCUT2D eigenvalue weighted by Crippen LogP contribution is 2.14. The van der Waals surface area contributed by atoms with Crippen LogP contribution in [-0.4, -0.2) is 40.3 Å². The van der Waals surface area contributed by atoms with Gasteiger partial charge in [0.1, 0.15) is 0 Å². The van der Waals surface area contributed by atoms with Crippen LogP contribution in [0.25, 0.3) is 0 Å². The third kappa shape index (κ3) is 4.51. The maximum Gasteiger partial charge on any atom is 0.323 e. The third-order valence-corrected chi connectivity index (χ3v) is 2.74. The molecule has 3 N–H and O–H groups in total. The van der Waals surface area contributed by atoms with Crippen LogP contribution in [0, 0.1) is 0 Å². The molecule has 0 spiro atoms. The summed E-state index contributed by atoms with van der Waals surface area (Å²) < 4.78 is 11.0. The second-order valence-corrected chi connectivity index (χ2v) is 4.84. The predicted molar refractivity (Wildman–Crippen MR) is 72.1 cm³/mol. The lowest BCUT2D eigenvalue weighted by Crippen LogP contribution is -2.27. The number of ether oxygens (including phenoxy) is 2. The summed E-state index contributed by atoms with van der Waals surface area (Å²) in [5, 5.41) is 3.12. The lowest BCUT2D eigenvalue weighted by molar-refractivity contribution is 0.0246. The highest BCUT2D eigenvalue weighted by Gasteiger charge is 2.14. The molecule has 2 rings (SSSR count). The van der Waals surface area contributed by atoms with Crippen molar-refractivity contribution >= 4 is 11.9 Å². The summed E-state index contributed by atoms with van der Waals surface area (Å²) >= 11 is 0. The number of hydrogen-bond donors (Lipinski definition) is 2. The number of hydrogen-bond acceptors (Lipinski definition) is 7. The molecule has 0 aliphatic carbocycles. The molecule has 0 aromatic carbocycles. The molecule has 0 radical (unpaired) electrons. The number of anilines is 2. The van der Waals surface area contributed by atoms with Gasteiger partial charge in [0.05, 0.1) is 12.2 Å². The maximum absolute atomic E-state index is 5.63. The highest BCUT2D eigenvalue weighted by molar-refractivity contribution is 5.32. The maximum atomic E-state index is 5.63. The van der Waals surface area contributed by atoms with Gasteiger partial charge >= 0.3 is 6.01 Å². The zero-order chi connectivity index (χ0) is 13.7. The second-order valence-electron chi connectivity index (χ2n) is 4.84. The van der Waals surface area contributed by atoms with E-state index in [1.807, 2.05) is 13.8 Å². The number of nitrogens with one attached hydrogen (secondary N) is 1. The first-order chi connectivity index (χ1) is 9.13. The molecule has 1 aliphatic heterocycles. The third-order valence-electron chi connectivity index (χ3n) is 2.74.